The molecule has 1 amide bonds. The van der Waals surface area contributed by atoms with E-state index in [9.17, 15) is 13.2 Å². The second kappa shape index (κ2) is 8.84. The summed E-state index contributed by atoms with van der Waals surface area (Å²) < 4.78 is 31.8. The summed E-state index contributed by atoms with van der Waals surface area (Å²) >= 11 is 5.80. The summed E-state index contributed by atoms with van der Waals surface area (Å²) in [5, 5.41) is 3.01. The van der Waals surface area contributed by atoms with Gasteiger partial charge < -0.3 is 10.1 Å². The van der Waals surface area contributed by atoms with Crippen LogP contribution in [0.2, 0.25) is 5.02 Å². The van der Waals surface area contributed by atoms with Gasteiger partial charge in [0.2, 0.25) is 15.9 Å². The lowest BCUT2D eigenvalue weighted by molar-refractivity contribution is -0.120. The third-order valence-electron chi connectivity index (χ3n) is 3.39. The Bertz CT molecular complexity index is 840. The molecule has 134 valence electrons. The fraction of sp³-hybridized carbons (Fsp3) is 0.235. The summed E-state index contributed by atoms with van der Waals surface area (Å²) in [6, 6.07) is 13.2. The molecule has 0 aromatic heterocycles. The predicted octanol–water partition coefficient (Wildman–Crippen LogP) is 1.99. The summed E-state index contributed by atoms with van der Waals surface area (Å²) in [5.74, 6) is 0.422. The number of nitrogens with one attached hydrogen (secondary N) is 2. The van der Waals surface area contributed by atoms with Crippen molar-refractivity contribution >= 4 is 27.5 Å². The molecule has 2 N–H and O–H groups in total. The van der Waals surface area contributed by atoms with Crippen LogP contribution < -0.4 is 14.8 Å². The zero-order valence-corrected chi connectivity index (χ0v) is 15.2. The van der Waals surface area contributed by atoms with Crippen molar-refractivity contribution in [2.45, 2.75) is 11.3 Å². The lowest BCUT2D eigenvalue weighted by Gasteiger charge is -2.10. The number of methoxy groups -OCH3 is 1. The molecule has 0 fully saturated rings. The first kappa shape index (κ1) is 19.2. The van der Waals surface area contributed by atoms with Gasteiger partial charge in [0.05, 0.1) is 18.4 Å². The number of rotatable bonds is 8. The van der Waals surface area contributed by atoms with Gasteiger partial charge in [0, 0.05) is 23.7 Å². The van der Waals surface area contributed by atoms with Crippen LogP contribution in [0.1, 0.15) is 5.56 Å². The van der Waals surface area contributed by atoms with Crippen LogP contribution in [-0.2, 0) is 21.2 Å². The highest BCUT2D eigenvalue weighted by molar-refractivity contribution is 7.89. The van der Waals surface area contributed by atoms with E-state index in [1.165, 1.54) is 12.1 Å². The molecule has 0 aliphatic carbocycles. The van der Waals surface area contributed by atoms with E-state index in [4.69, 9.17) is 16.3 Å². The number of hydrogen-bond donors (Lipinski definition) is 2. The zero-order valence-electron chi connectivity index (χ0n) is 13.7. The van der Waals surface area contributed by atoms with Gasteiger partial charge >= 0.3 is 0 Å². The van der Waals surface area contributed by atoms with Crippen LogP contribution in [0.5, 0.6) is 5.75 Å². The van der Waals surface area contributed by atoms with Crippen molar-refractivity contribution in [2.24, 2.45) is 0 Å². The number of benzene rings is 2. The summed E-state index contributed by atoms with van der Waals surface area (Å²) in [6.07, 6.45) is 0.158. The van der Waals surface area contributed by atoms with Crippen LogP contribution in [0.25, 0.3) is 0 Å². The quantitative estimate of drug-likeness (QED) is 0.684. The molecule has 8 heteroatoms. The van der Waals surface area contributed by atoms with Gasteiger partial charge in [-0.25, -0.2) is 13.1 Å². The second-order valence-corrected chi connectivity index (χ2v) is 7.40. The summed E-state index contributed by atoms with van der Waals surface area (Å²) in [4.78, 5) is 12.0. The summed E-state index contributed by atoms with van der Waals surface area (Å²) in [5.41, 5.74) is 0.766. The monoisotopic (exact) mass is 382 g/mol. The van der Waals surface area contributed by atoms with E-state index in [0.717, 1.165) is 5.56 Å². The van der Waals surface area contributed by atoms with Crippen molar-refractivity contribution in [2.75, 3.05) is 20.2 Å². The Hall–Kier alpha value is -2.09. The molecule has 2 aromatic carbocycles. The van der Waals surface area contributed by atoms with Crippen LogP contribution in [0, 0.1) is 0 Å². The standard InChI is InChI=1S/C17H19ClN2O4S/c1-24-16-8-3-2-5-13(16)11-17(21)19-9-10-20-25(22,23)15-7-4-6-14(18)12-15/h2-8,12,20H,9-11H2,1H3,(H,19,21). The maximum Gasteiger partial charge on any atom is 0.240 e. The van der Waals surface area contributed by atoms with Crippen molar-refractivity contribution in [3.63, 3.8) is 0 Å². The molecule has 0 heterocycles. The summed E-state index contributed by atoms with van der Waals surface area (Å²) in [6.45, 7) is 0.250. The van der Waals surface area contributed by atoms with Gasteiger partial charge in [-0.2, -0.15) is 0 Å². The van der Waals surface area contributed by atoms with Crippen LogP contribution in [-0.4, -0.2) is 34.5 Å². The van der Waals surface area contributed by atoms with E-state index >= 15 is 0 Å². The molecular formula is C17H19ClN2O4S. The Labute approximate surface area is 152 Å². The molecule has 0 bridgehead atoms. The van der Waals surface area contributed by atoms with E-state index in [-0.39, 0.29) is 30.3 Å². The van der Waals surface area contributed by atoms with Crippen LogP contribution in [0.4, 0.5) is 0 Å². The number of halogens is 1. The zero-order chi connectivity index (χ0) is 18.3. The Morgan fingerprint density at radius 1 is 1.12 bits per heavy atom. The first-order valence-corrected chi connectivity index (χ1v) is 9.42. The molecule has 0 spiro atoms. The Balaban J connectivity index is 1.81. The van der Waals surface area contributed by atoms with E-state index in [1.54, 1.807) is 31.4 Å². The van der Waals surface area contributed by atoms with E-state index < -0.39 is 10.0 Å². The van der Waals surface area contributed by atoms with Gasteiger partial charge in [-0.15, -0.1) is 0 Å². The minimum atomic E-state index is -3.66. The van der Waals surface area contributed by atoms with Crippen molar-refractivity contribution in [1.82, 2.24) is 10.0 Å². The topological polar surface area (TPSA) is 84.5 Å². The largest absolute Gasteiger partial charge is 0.496 e. The number of carbonyl (C=O) groups excluding carboxylic acids is 1. The maximum atomic E-state index is 12.1. The lowest BCUT2D eigenvalue weighted by Crippen LogP contribution is -2.35. The molecule has 0 aliphatic heterocycles. The smallest absolute Gasteiger partial charge is 0.240 e. The fourth-order valence-corrected chi connectivity index (χ4v) is 3.52. The SMILES string of the molecule is COc1ccccc1CC(=O)NCCNS(=O)(=O)c1cccc(Cl)c1. The average molecular weight is 383 g/mol. The van der Waals surface area contributed by atoms with Gasteiger partial charge in [0.1, 0.15) is 5.75 Å². The van der Waals surface area contributed by atoms with E-state index in [0.29, 0.717) is 10.8 Å². The third-order valence-corrected chi connectivity index (χ3v) is 5.08. The van der Waals surface area contributed by atoms with Crippen molar-refractivity contribution < 1.29 is 17.9 Å². The minimum Gasteiger partial charge on any atom is -0.496 e. The molecule has 0 radical (unpaired) electrons. The molecule has 0 saturated heterocycles. The molecule has 0 atom stereocenters. The van der Waals surface area contributed by atoms with Gasteiger partial charge in [-0.05, 0) is 24.3 Å². The van der Waals surface area contributed by atoms with E-state index in [1.807, 2.05) is 12.1 Å². The lowest BCUT2D eigenvalue weighted by atomic mass is 10.1. The van der Waals surface area contributed by atoms with Gasteiger partial charge in [-0.3, -0.25) is 4.79 Å². The third kappa shape index (κ3) is 5.74. The number of sulfonamides is 1. The van der Waals surface area contributed by atoms with Crippen molar-refractivity contribution in [3.8, 4) is 5.75 Å². The first-order valence-electron chi connectivity index (χ1n) is 7.56. The molecule has 0 saturated carbocycles. The first-order chi connectivity index (χ1) is 11.9. The summed E-state index contributed by atoms with van der Waals surface area (Å²) in [7, 11) is -2.11. The minimum absolute atomic E-state index is 0.0759. The molecule has 6 nitrogen and oxygen atoms in total. The molecule has 0 unspecified atom stereocenters. The maximum absolute atomic E-state index is 12.1. The Kier molecular flexibility index (Phi) is 6.81. The van der Waals surface area contributed by atoms with Crippen molar-refractivity contribution in [3.05, 3.63) is 59.1 Å². The fourth-order valence-electron chi connectivity index (χ4n) is 2.19. The van der Waals surface area contributed by atoms with Gasteiger partial charge in [0.15, 0.2) is 0 Å². The number of ether oxygens (including phenoxy) is 1. The normalized spacial score (nSPS) is 11.1. The number of amides is 1. The second-order valence-electron chi connectivity index (χ2n) is 5.19. The van der Waals surface area contributed by atoms with Crippen LogP contribution in [0.3, 0.4) is 0 Å². The molecule has 2 rings (SSSR count). The van der Waals surface area contributed by atoms with Gasteiger partial charge in [0.25, 0.3) is 0 Å². The predicted molar refractivity (Wildman–Crippen MR) is 96.3 cm³/mol. The highest BCUT2D eigenvalue weighted by Crippen LogP contribution is 2.17. The Morgan fingerprint density at radius 3 is 2.60 bits per heavy atom. The highest BCUT2D eigenvalue weighted by atomic mass is 35.5. The van der Waals surface area contributed by atoms with Crippen molar-refractivity contribution in [1.29, 1.82) is 0 Å². The molecule has 2 aromatic rings. The van der Waals surface area contributed by atoms with Crippen LogP contribution >= 0.6 is 11.6 Å². The van der Waals surface area contributed by atoms with E-state index in [2.05, 4.69) is 10.0 Å². The Morgan fingerprint density at radius 2 is 1.88 bits per heavy atom. The average Bonchev–Trinajstić information content (AvgIpc) is 2.59. The number of carbonyl (C=O) groups is 1. The van der Waals surface area contributed by atoms with Gasteiger partial charge in [-0.1, -0.05) is 35.9 Å². The number of hydrogen-bond acceptors (Lipinski definition) is 4. The van der Waals surface area contributed by atoms with Crippen LogP contribution in [0.15, 0.2) is 53.4 Å². The molecule has 0 aliphatic rings. The molecule has 25 heavy (non-hydrogen) atoms. The highest BCUT2D eigenvalue weighted by Gasteiger charge is 2.14. The number of para-hydroxylation sites is 1. The molecular weight excluding hydrogens is 364 g/mol.